The highest BCUT2D eigenvalue weighted by Gasteiger charge is 2.39. The number of amides is 1. The van der Waals surface area contributed by atoms with Gasteiger partial charge in [-0.05, 0) is 50.3 Å². The molecule has 0 aliphatic carbocycles. The highest BCUT2D eigenvalue weighted by Crippen LogP contribution is 2.38. The second kappa shape index (κ2) is 5.96. The van der Waals surface area contributed by atoms with Crippen molar-refractivity contribution in [1.29, 1.82) is 0 Å². The van der Waals surface area contributed by atoms with Crippen LogP contribution in [0.5, 0.6) is 0 Å². The third-order valence-corrected chi connectivity index (χ3v) is 4.41. The highest BCUT2D eigenvalue weighted by molar-refractivity contribution is 5.97. The van der Waals surface area contributed by atoms with Crippen LogP contribution in [0.1, 0.15) is 37.8 Å². The summed E-state index contributed by atoms with van der Waals surface area (Å²) in [5, 5.41) is 0. The number of nitrogens with zero attached hydrogens (tertiary/aromatic N) is 1. The van der Waals surface area contributed by atoms with E-state index in [4.69, 9.17) is 0 Å². The largest absolute Gasteiger partial charge is 0.306 e. The zero-order valence-electron chi connectivity index (χ0n) is 13.4. The molecular formula is C20H23NO. The number of carbonyl (C=O) groups is 1. The van der Waals surface area contributed by atoms with Gasteiger partial charge in [0.1, 0.15) is 0 Å². The van der Waals surface area contributed by atoms with Crippen molar-refractivity contribution in [1.82, 2.24) is 0 Å². The van der Waals surface area contributed by atoms with Crippen LogP contribution < -0.4 is 4.90 Å². The summed E-state index contributed by atoms with van der Waals surface area (Å²) in [6.07, 6.45) is 3.40. The summed E-state index contributed by atoms with van der Waals surface area (Å²) < 4.78 is 0. The molecular weight excluding hydrogens is 270 g/mol. The molecule has 2 nitrogen and oxygen atoms in total. The molecule has 1 aliphatic heterocycles. The number of hydrogen-bond acceptors (Lipinski definition) is 1. The second-order valence-corrected chi connectivity index (χ2v) is 6.69. The molecule has 2 aromatic carbocycles. The van der Waals surface area contributed by atoms with Gasteiger partial charge < -0.3 is 4.90 Å². The zero-order chi connectivity index (χ0) is 15.6. The van der Waals surface area contributed by atoms with Gasteiger partial charge in [0.2, 0.25) is 5.91 Å². The average molecular weight is 293 g/mol. The van der Waals surface area contributed by atoms with Crippen molar-refractivity contribution < 1.29 is 4.79 Å². The summed E-state index contributed by atoms with van der Waals surface area (Å²) in [7, 11) is 0. The van der Waals surface area contributed by atoms with E-state index in [1.807, 2.05) is 17.0 Å². The van der Waals surface area contributed by atoms with Crippen LogP contribution in [0, 0.1) is 0 Å². The maximum Gasteiger partial charge on any atom is 0.227 e. The molecule has 0 atom stereocenters. The topological polar surface area (TPSA) is 20.3 Å². The molecule has 0 unspecified atom stereocenters. The molecule has 1 amide bonds. The van der Waals surface area contributed by atoms with Gasteiger partial charge in [-0.2, -0.15) is 0 Å². The fourth-order valence-corrected chi connectivity index (χ4v) is 3.42. The predicted octanol–water partition coefficient (Wildman–Crippen LogP) is 4.38. The summed E-state index contributed by atoms with van der Waals surface area (Å²) in [4.78, 5) is 14.7. The van der Waals surface area contributed by atoms with E-state index in [-0.39, 0.29) is 11.4 Å². The molecule has 0 saturated heterocycles. The zero-order valence-corrected chi connectivity index (χ0v) is 13.4. The molecule has 0 fully saturated rings. The monoisotopic (exact) mass is 293 g/mol. The molecule has 114 valence electrons. The number of hydrogen-bond donors (Lipinski definition) is 0. The molecule has 2 aromatic rings. The van der Waals surface area contributed by atoms with E-state index >= 15 is 0 Å². The first-order valence-electron chi connectivity index (χ1n) is 8.03. The summed E-state index contributed by atoms with van der Waals surface area (Å²) in [6.45, 7) is 4.31. The lowest BCUT2D eigenvalue weighted by molar-refractivity contribution is -0.119. The second-order valence-electron chi connectivity index (χ2n) is 6.69. The summed E-state index contributed by atoms with van der Waals surface area (Å²) in [6, 6.07) is 18.7. The number of anilines is 1. The van der Waals surface area contributed by atoms with Crippen LogP contribution in [-0.4, -0.2) is 11.4 Å². The summed E-state index contributed by atoms with van der Waals surface area (Å²) in [5.41, 5.74) is 3.56. The Balaban J connectivity index is 1.67. The van der Waals surface area contributed by atoms with Crippen LogP contribution in [0.15, 0.2) is 54.6 Å². The molecule has 22 heavy (non-hydrogen) atoms. The van der Waals surface area contributed by atoms with Gasteiger partial charge in [-0.3, -0.25) is 4.79 Å². The maximum absolute atomic E-state index is 12.7. The first-order valence-corrected chi connectivity index (χ1v) is 8.03. The van der Waals surface area contributed by atoms with E-state index in [9.17, 15) is 4.79 Å². The van der Waals surface area contributed by atoms with Crippen LogP contribution in [0.2, 0.25) is 0 Å². The first-order chi connectivity index (χ1) is 10.6. The summed E-state index contributed by atoms with van der Waals surface area (Å²) in [5.74, 6) is 0.242. The molecule has 2 heteroatoms. The number of benzene rings is 2. The van der Waals surface area contributed by atoms with Gasteiger partial charge >= 0.3 is 0 Å². The van der Waals surface area contributed by atoms with Crippen molar-refractivity contribution in [3.8, 4) is 0 Å². The summed E-state index contributed by atoms with van der Waals surface area (Å²) >= 11 is 0. The van der Waals surface area contributed by atoms with Gasteiger partial charge in [0.25, 0.3) is 0 Å². The Labute approximate surface area is 132 Å². The molecule has 1 aliphatic rings. The van der Waals surface area contributed by atoms with Gasteiger partial charge in [0.15, 0.2) is 0 Å². The minimum atomic E-state index is -0.118. The smallest absolute Gasteiger partial charge is 0.227 e. The van der Waals surface area contributed by atoms with Crippen molar-refractivity contribution in [2.75, 3.05) is 4.90 Å². The fourth-order valence-electron chi connectivity index (χ4n) is 3.42. The van der Waals surface area contributed by atoms with Gasteiger partial charge in [-0.1, -0.05) is 48.5 Å². The third-order valence-electron chi connectivity index (χ3n) is 4.41. The highest BCUT2D eigenvalue weighted by atomic mass is 16.2. The molecule has 1 heterocycles. The lowest BCUT2D eigenvalue weighted by Crippen LogP contribution is -2.45. The van der Waals surface area contributed by atoms with Crippen molar-refractivity contribution in [3.63, 3.8) is 0 Å². The number of aryl methyl sites for hydroxylation is 1. The molecule has 0 radical (unpaired) electrons. The quantitative estimate of drug-likeness (QED) is 0.819. The number of fused-ring (bicyclic) bond motifs is 1. The van der Waals surface area contributed by atoms with E-state index < -0.39 is 0 Å². The average Bonchev–Trinajstić information content (AvgIpc) is 2.78. The third kappa shape index (κ3) is 2.92. The SMILES string of the molecule is CC1(C)Cc2ccccc2N1C(=O)CCCc1ccccc1. The van der Waals surface area contributed by atoms with Crippen molar-refractivity contribution >= 4 is 11.6 Å². The first kappa shape index (κ1) is 14.8. The van der Waals surface area contributed by atoms with Crippen LogP contribution >= 0.6 is 0 Å². The Morgan fingerprint density at radius 2 is 1.73 bits per heavy atom. The van der Waals surface area contributed by atoms with Crippen molar-refractivity contribution in [2.45, 2.75) is 45.1 Å². The Hall–Kier alpha value is -2.09. The Morgan fingerprint density at radius 3 is 2.50 bits per heavy atom. The lowest BCUT2D eigenvalue weighted by Gasteiger charge is -2.32. The fraction of sp³-hybridized carbons (Fsp3) is 0.350. The molecule has 0 N–H and O–H groups in total. The Bertz CT molecular complexity index is 660. The predicted molar refractivity (Wildman–Crippen MR) is 91.1 cm³/mol. The van der Waals surface area contributed by atoms with Crippen molar-refractivity contribution in [2.24, 2.45) is 0 Å². The van der Waals surface area contributed by atoms with Gasteiger partial charge in [0, 0.05) is 17.6 Å². The van der Waals surface area contributed by atoms with Crippen molar-refractivity contribution in [3.05, 3.63) is 65.7 Å². The number of para-hydroxylation sites is 1. The van der Waals surface area contributed by atoms with E-state index in [0.29, 0.717) is 6.42 Å². The van der Waals surface area contributed by atoms with Crippen LogP contribution in [0.4, 0.5) is 5.69 Å². The van der Waals surface area contributed by atoms with Gasteiger partial charge in [-0.15, -0.1) is 0 Å². The Kier molecular flexibility index (Phi) is 4.02. The van der Waals surface area contributed by atoms with Crippen LogP contribution in [0.3, 0.4) is 0 Å². The van der Waals surface area contributed by atoms with E-state index in [2.05, 4.69) is 56.3 Å². The van der Waals surface area contributed by atoms with E-state index in [0.717, 1.165) is 24.9 Å². The van der Waals surface area contributed by atoms with Gasteiger partial charge in [0.05, 0.1) is 0 Å². The number of rotatable bonds is 4. The van der Waals surface area contributed by atoms with E-state index in [1.54, 1.807) is 0 Å². The molecule has 0 spiro atoms. The van der Waals surface area contributed by atoms with Gasteiger partial charge in [-0.25, -0.2) is 0 Å². The normalized spacial score (nSPS) is 15.6. The van der Waals surface area contributed by atoms with Crippen LogP contribution in [-0.2, 0) is 17.6 Å². The minimum Gasteiger partial charge on any atom is -0.306 e. The Morgan fingerprint density at radius 1 is 1.05 bits per heavy atom. The number of carbonyl (C=O) groups excluding carboxylic acids is 1. The minimum absolute atomic E-state index is 0.118. The molecule has 0 bridgehead atoms. The standard InChI is InChI=1S/C20H23NO/c1-20(2)15-17-12-6-7-13-18(17)21(20)19(22)14-8-11-16-9-4-3-5-10-16/h3-7,9-10,12-13H,8,11,14-15H2,1-2H3. The lowest BCUT2D eigenvalue weighted by atomic mass is 9.99. The molecule has 0 aromatic heterocycles. The van der Waals surface area contributed by atoms with E-state index in [1.165, 1.54) is 11.1 Å². The van der Waals surface area contributed by atoms with Crippen LogP contribution in [0.25, 0.3) is 0 Å². The molecule has 0 saturated carbocycles. The molecule has 3 rings (SSSR count). The maximum atomic E-state index is 12.7.